The maximum atomic E-state index is 4.74. The van der Waals surface area contributed by atoms with Gasteiger partial charge < -0.3 is 15.1 Å². The molecule has 1 aliphatic rings. The number of anilines is 1. The quantitative estimate of drug-likeness (QED) is 0.397. The van der Waals surface area contributed by atoms with Gasteiger partial charge in [0.1, 0.15) is 5.01 Å². The third-order valence-corrected chi connectivity index (χ3v) is 5.19. The topological polar surface area (TPSA) is 69.5 Å². The lowest BCUT2D eigenvalue weighted by Gasteiger charge is -2.36. The van der Waals surface area contributed by atoms with Crippen LogP contribution in [0.4, 0.5) is 5.95 Å². The molecule has 0 spiro atoms. The molecule has 1 saturated heterocycles. The summed E-state index contributed by atoms with van der Waals surface area (Å²) in [6.07, 6.45) is 3.57. The highest BCUT2D eigenvalue weighted by Gasteiger charge is 2.22. The molecule has 2 aromatic rings. The molecule has 0 atom stereocenters. The predicted octanol–water partition coefficient (Wildman–Crippen LogP) is 2.75. The molecular weight excluding hydrogens is 473 g/mol. The minimum absolute atomic E-state index is 0. The van der Waals surface area contributed by atoms with Crippen molar-refractivity contribution >= 4 is 47.2 Å². The van der Waals surface area contributed by atoms with Crippen LogP contribution in [0.2, 0.25) is 0 Å². The molecule has 0 amide bonds. The number of rotatable bonds is 3. The van der Waals surface area contributed by atoms with Crippen molar-refractivity contribution in [2.24, 2.45) is 4.99 Å². The number of hydrogen-bond acceptors (Lipinski definition) is 6. The molecule has 27 heavy (non-hydrogen) atoms. The van der Waals surface area contributed by atoms with Crippen LogP contribution >= 0.6 is 35.3 Å². The van der Waals surface area contributed by atoms with E-state index in [1.54, 1.807) is 23.7 Å². The molecule has 0 radical (unpaired) electrons. The Bertz CT molecular complexity index is 734. The number of guanidine groups is 1. The van der Waals surface area contributed by atoms with Gasteiger partial charge in [0.2, 0.25) is 5.95 Å². The van der Waals surface area contributed by atoms with Crippen LogP contribution in [0.3, 0.4) is 0 Å². The number of piperazine rings is 1. The number of halogens is 1. The highest BCUT2D eigenvalue weighted by Crippen LogP contribution is 2.23. The summed E-state index contributed by atoms with van der Waals surface area (Å²) in [6, 6.07) is 1.84. The molecule has 7 nitrogen and oxygen atoms in total. The molecule has 1 N–H and O–H groups in total. The molecule has 3 heterocycles. The maximum absolute atomic E-state index is 4.74. The van der Waals surface area contributed by atoms with E-state index in [0.29, 0.717) is 6.54 Å². The van der Waals surface area contributed by atoms with Crippen LogP contribution in [-0.4, -0.2) is 59.0 Å². The van der Waals surface area contributed by atoms with Crippen molar-refractivity contribution in [1.82, 2.24) is 25.2 Å². The van der Waals surface area contributed by atoms with Crippen molar-refractivity contribution in [3.05, 3.63) is 34.5 Å². The molecule has 0 saturated carbocycles. The summed E-state index contributed by atoms with van der Waals surface area (Å²) in [7, 11) is 1.83. The third-order valence-electron chi connectivity index (χ3n) is 4.34. The van der Waals surface area contributed by atoms with E-state index >= 15 is 0 Å². The van der Waals surface area contributed by atoms with Gasteiger partial charge in [-0.05, 0) is 6.07 Å². The van der Waals surface area contributed by atoms with E-state index in [9.17, 15) is 0 Å². The lowest BCUT2D eigenvalue weighted by molar-refractivity contribution is 0.370. The summed E-state index contributed by atoms with van der Waals surface area (Å²) >= 11 is 1.70. The number of aromatic nitrogens is 3. The Morgan fingerprint density at radius 1 is 1.19 bits per heavy atom. The summed E-state index contributed by atoms with van der Waals surface area (Å²) in [6.45, 7) is 10.8. The van der Waals surface area contributed by atoms with Crippen LogP contribution in [-0.2, 0) is 12.0 Å². The molecular formula is C18H28IN7S. The van der Waals surface area contributed by atoms with Gasteiger partial charge in [-0.25, -0.2) is 15.0 Å². The Kier molecular flexibility index (Phi) is 7.78. The zero-order valence-corrected chi connectivity index (χ0v) is 19.5. The summed E-state index contributed by atoms with van der Waals surface area (Å²) in [5, 5.41) is 6.69. The van der Waals surface area contributed by atoms with Crippen molar-refractivity contribution in [2.75, 3.05) is 38.1 Å². The molecule has 148 valence electrons. The second-order valence-corrected chi connectivity index (χ2v) is 8.24. The van der Waals surface area contributed by atoms with E-state index in [1.165, 1.54) is 0 Å². The number of thiazole rings is 1. The van der Waals surface area contributed by atoms with Crippen molar-refractivity contribution in [3.8, 4) is 0 Å². The standard InChI is InChI=1S/C18H27N7S.HI/c1-18(2,3)14-13-26-15(23-14)12-22-16(19-4)24-8-10-25(11-9-24)17-20-6-5-7-21-17;/h5-7,13H,8-12H2,1-4H3,(H,19,22);1H. The van der Waals surface area contributed by atoms with Gasteiger partial charge in [-0.1, -0.05) is 20.8 Å². The number of aliphatic imine (C=N–C) groups is 1. The van der Waals surface area contributed by atoms with Gasteiger partial charge in [0.05, 0.1) is 12.2 Å². The number of hydrogen-bond donors (Lipinski definition) is 1. The smallest absolute Gasteiger partial charge is 0.225 e. The monoisotopic (exact) mass is 501 g/mol. The first-order valence-electron chi connectivity index (χ1n) is 8.90. The van der Waals surface area contributed by atoms with E-state index in [0.717, 1.165) is 48.8 Å². The summed E-state index contributed by atoms with van der Waals surface area (Å²) < 4.78 is 0. The summed E-state index contributed by atoms with van der Waals surface area (Å²) in [4.78, 5) is 22.3. The molecule has 9 heteroatoms. The van der Waals surface area contributed by atoms with Crippen LogP contribution < -0.4 is 10.2 Å². The van der Waals surface area contributed by atoms with E-state index in [4.69, 9.17) is 4.98 Å². The molecule has 0 unspecified atom stereocenters. The van der Waals surface area contributed by atoms with E-state index in [-0.39, 0.29) is 29.4 Å². The average molecular weight is 501 g/mol. The van der Waals surface area contributed by atoms with E-state index in [1.807, 2.05) is 13.1 Å². The van der Waals surface area contributed by atoms with Gasteiger partial charge in [0.15, 0.2) is 5.96 Å². The Balaban J connectivity index is 0.00000261. The first kappa shape index (κ1) is 21.8. The normalized spacial score (nSPS) is 15.5. The predicted molar refractivity (Wildman–Crippen MR) is 122 cm³/mol. The Labute approximate surface area is 182 Å². The van der Waals surface area contributed by atoms with Crippen molar-refractivity contribution < 1.29 is 0 Å². The fourth-order valence-corrected chi connectivity index (χ4v) is 3.76. The molecule has 0 aliphatic carbocycles. The Hall–Kier alpha value is -1.49. The highest BCUT2D eigenvalue weighted by molar-refractivity contribution is 14.0. The lowest BCUT2D eigenvalue weighted by atomic mass is 9.93. The first-order chi connectivity index (χ1) is 12.5. The van der Waals surface area contributed by atoms with Crippen molar-refractivity contribution in [3.63, 3.8) is 0 Å². The first-order valence-corrected chi connectivity index (χ1v) is 9.78. The molecule has 0 bridgehead atoms. The highest BCUT2D eigenvalue weighted by atomic mass is 127. The Morgan fingerprint density at radius 3 is 2.41 bits per heavy atom. The fourth-order valence-electron chi connectivity index (χ4n) is 2.80. The van der Waals surface area contributed by atoms with E-state index < -0.39 is 0 Å². The van der Waals surface area contributed by atoms with Crippen LogP contribution in [0.1, 0.15) is 31.5 Å². The van der Waals surface area contributed by atoms with Crippen LogP contribution in [0, 0.1) is 0 Å². The molecule has 1 fully saturated rings. The average Bonchev–Trinajstić information content (AvgIpc) is 3.13. The van der Waals surface area contributed by atoms with E-state index in [2.05, 4.69) is 56.2 Å². The second-order valence-electron chi connectivity index (χ2n) is 7.30. The molecule has 3 rings (SSSR count). The largest absolute Gasteiger partial charge is 0.350 e. The van der Waals surface area contributed by atoms with Gasteiger partial charge in [0.25, 0.3) is 0 Å². The SMILES string of the molecule is CN=C(NCc1nc(C(C)(C)C)cs1)N1CCN(c2ncccn2)CC1.I. The maximum Gasteiger partial charge on any atom is 0.225 e. The van der Waals surface area contributed by atoms with Gasteiger partial charge in [-0.15, -0.1) is 35.3 Å². The van der Waals surface area contributed by atoms with Gasteiger partial charge in [-0.3, -0.25) is 4.99 Å². The fraction of sp³-hybridized carbons (Fsp3) is 0.556. The third kappa shape index (κ3) is 5.74. The van der Waals surface area contributed by atoms with Crippen LogP contribution in [0.25, 0.3) is 0 Å². The summed E-state index contributed by atoms with van der Waals surface area (Å²) in [5.74, 6) is 1.72. The summed E-state index contributed by atoms with van der Waals surface area (Å²) in [5.41, 5.74) is 1.23. The van der Waals surface area contributed by atoms with Crippen LogP contribution in [0.15, 0.2) is 28.8 Å². The van der Waals surface area contributed by atoms with Gasteiger partial charge in [-0.2, -0.15) is 0 Å². The van der Waals surface area contributed by atoms with Gasteiger partial charge >= 0.3 is 0 Å². The second kappa shape index (κ2) is 9.63. The Morgan fingerprint density at radius 2 is 1.85 bits per heavy atom. The molecule has 1 aliphatic heterocycles. The zero-order valence-electron chi connectivity index (χ0n) is 16.3. The minimum Gasteiger partial charge on any atom is -0.350 e. The zero-order chi connectivity index (χ0) is 18.6. The molecule has 0 aromatic carbocycles. The van der Waals surface area contributed by atoms with Crippen LogP contribution in [0.5, 0.6) is 0 Å². The lowest BCUT2D eigenvalue weighted by Crippen LogP contribution is -2.52. The number of nitrogens with one attached hydrogen (secondary N) is 1. The van der Waals surface area contributed by atoms with Gasteiger partial charge in [0, 0.05) is 56.4 Å². The number of nitrogens with zero attached hydrogens (tertiary/aromatic N) is 6. The molecule has 2 aromatic heterocycles. The minimum atomic E-state index is 0. The van der Waals surface area contributed by atoms with Crippen molar-refractivity contribution in [1.29, 1.82) is 0 Å². The van der Waals surface area contributed by atoms with Crippen molar-refractivity contribution in [2.45, 2.75) is 32.7 Å².